The molecule has 2 aromatic rings. The molecule has 0 atom stereocenters. The summed E-state index contributed by atoms with van der Waals surface area (Å²) >= 11 is 5.83. The standard InChI is InChI=1S/C18H21ClFN3O2/c19-16-10-14(3-4-17(16)20)12-22-5-7-23(8-6-22)13-18(24)21-11-15-2-1-9-25-15/h1-4,9-10H,5-8,11-13H2,(H,21,24). The van der Waals surface area contributed by atoms with Crippen LogP contribution in [0.1, 0.15) is 11.3 Å². The highest BCUT2D eigenvalue weighted by Crippen LogP contribution is 2.17. The zero-order valence-corrected chi connectivity index (χ0v) is 14.6. The lowest BCUT2D eigenvalue weighted by Crippen LogP contribution is -2.49. The first-order valence-electron chi connectivity index (χ1n) is 8.28. The quantitative estimate of drug-likeness (QED) is 0.854. The molecule has 1 N–H and O–H groups in total. The summed E-state index contributed by atoms with van der Waals surface area (Å²) in [6, 6.07) is 8.47. The molecule has 3 rings (SSSR count). The minimum absolute atomic E-state index is 0.00448. The topological polar surface area (TPSA) is 48.7 Å². The second kappa shape index (κ2) is 8.47. The lowest BCUT2D eigenvalue weighted by atomic mass is 10.2. The highest BCUT2D eigenvalue weighted by atomic mass is 35.5. The zero-order valence-electron chi connectivity index (χ0n) is 13.9. The maximum Gasteiger partial charge on any atom is 0.234 e. The fourth-order valence-corrected chi connectivity index (χ4v) is 3.06. The summed E-state index contributed by atoms with van der Waals surface area (Å²) in [4.78, 5) is 16.4. The number of piperazine rings is 1. The van der Waals surface area contributed by atoms with Crippen LogP contribution in [-0.2, 0) is 17.9 Å². The highest BCUT2D eigenvalue weighted by molar-refractivity contribution is 6.30. The van der Waals surface area contributed by atoms with Gasteiger partial charge in [-0.2, -0.15) is 0 Å². The van der Waals surface area contributed by atoms with Crippen LogP contribution in [0.5, 0.6) is 0 Å². The van der Waals surface area contributed by atoms with Crippen molar-refractivity contribution in [3.63, 3.8) is 0 Å². The monoisotopic (exact) mass is 365 g/mol. The van der Waals surface area contributed by atoms with Crippen molar-refractivity contribution in [2.75, 3.05) is 32.7 Å². The number of carbonyl (C=O) groups excluding carboxylic acids is 1. The minimum atomic E-state index is -0.393. The third-order valence-corrected chi connectivity index (χ3v) is 4.55. The fourth-order valence-electron chi connectivity index (χ4n) is 2.86. The summed E-state index contributed by atoms with van der Waals surface area (Å²) in [5.41, 5.74) is 0.996. The van der Waals surface area contributed by atoms with Crippen molar-refractivity contribution in [2.45, 2.75) is 13.1 Å². The largest absolute Gasteiger partial charge is 0.467 e. The predicted octanol–water partition coefficient (Wildman–Crippen LogP) is 2.51. The number of nitrogens with zero attached hydrogens (tertiary/aromatic N) is 2. The maximum atomic E-state index is 13.2. The van der Waals surface area contributed by atoms with E-state index in [1.54, 1.807) is 24.5 Å². The van der Waals surface area contributed by atoms with Gasteiger partial charge in [0.25, 0.3) is 0 Å². The first-order chi connectivity index (χ1) is 12.1. The molecule has 0 bridgehead atoms. The lowest BCUT2D eigenvalue weighted by Gasteiger charge is -2.34. The number of halogens is 2. The third kappa shape index (κ3) is 5.29. The molecule has 2 heterocycles. The second-order valence-corrected chi connectivity index (χ2v) is 6.56. The van der Waals surface area contributed by atoms with Gasteiger partial charge in [-0.25, -0.2) is 4.39 Å². The highest BCUT2D eigenvalue weighted by Gasteiger charge is 2.19. The van der Waals surface area contributed by atoms with Crippen molar-refractivity contribution in [2.24, 2.45) is 0 Å². The maximum absolute atomic E-state index is 13.2. The number of carbonyl (C=O) groups is 1. The summed E-state index contributed by atoms with van der Waals surface area (Å²) in [5.74, 6) is 0.349. The summed E-state index contributed by atoms with van der Waals surface area (Å²) in [5, 5.41) is 3.01. The molecule has 5 nitrogen and oxygen atoms in total. The summed E-state index contributed by atoms with van der Waals surface area (Å²) in [7, 11) is 0. The molecule has 1 saturated heterocycles. The molecule has 1 amide bonds. The molecule has 1 fully saturated rings. The molecule has 1 aromatic carbocycles. The van der Waals surface area contributed by atoms with Gasteiger partial charge < -0.3 is 9.73 Å². The van der Waals surface area contributed by atoms with Crippen molar-refractivity contribution in [1.29, 1.82) is 0 Å². The molecule has 25 heavy (non-hydrogen) atoms. The van der Waals surface area contributed by atoms with Gasteiger partial charge in [0.15, 0.2) is 0 Å². The second-order valence-electron chi connectivity index (χ2n) is 6.16. The number of hydrogen-bond donors (Lipinski definition) is 1. The molecule has 1 aromatic heterocycles. The van der Waals surface area contributed by atoms with Crippen molar-refractivity contribution in [1.82, 2.24) is 15.1 Å². The summed E-state index contributed by atoms with van der Waals surface area (Å²) in [6.45, 7) is 4.90. The molecule has 1 aliphatic heterocycles. The van der Waals surface area contributed by atoms with Gasteiger partial charge in [0.05, 0.1) is 24.4 Å². The van der Waals surface area contributed by atoms with Gasteiger partial charge in [-0.3, -0.25) is 14.6 Å². The van der Waals surface area contributed by atoms with Crippen molar-refractivity contribution in [3.05, 3.63) is 58.8 Å². The van der Waals surface area contributed by atoms with Crippen LogP contribution < -0.4 is 5.32 Å². The van der Waals surface area contributed by atoms with E-state index in [4.69, 9.17) is 16.0 Å². The third-order valence-electron chi connectivity index (χ3n) is 4.26. The van der Waals surface area contributed by atoms with Crippen molar-refractivity contribution in [3.8, 4) is 0 Å². The van der Waals surface area contributed by atoms with Crippen LogP contribution in [0.25, 0.3) is 0 Å². The van der Waals surface area contributed by atoms with Crippen LogP contribution in [-0.4, -0.2) is 48.4 Å². The number of furan rings is 1. The fraction of sp³-hybridized carbons (Fsp3) is 0.389. The van der Waals surface area contributed by atoms with Crippen LogP contribution in [0.15, 0.2) is 41.0 Å². The van der Waals surface area contributed by atoms with Crippen LogP contribution in [0.4, 0.5) is 4.39 Å². The molecule has 0 spiro atoms. The van der Waals surface area contributed by atoms with Gasteiger partial charge in [0, 0.05) is 32.7 Å². The van der Waals surface area contributed by atoms with Gasteiger partial charge >= 0.3 is 0 Å². The Hall–Kier alpha value is -1.89. The van der Waals surface area contributed by atoms with Gasteiger partial charge in [-0.05, 0) is 29.8 Å². The van der Waals surface area contributed by atoms with E-state index in [-0.39, 0.29) is 10.9 Å². The zero-order chi connectivity index (χ0) is 17.6. The molecule has 7 heteroatoms. The average Bonchev–Trinajstić information content (AvgIpc) is 3.12. The normalized spacial score (nSPS) is 16.1. The Morgan fingerprint density at radius 2 is 1.96 bits per heavy atom. The Bertz CT molecular complexity index is 700. The SMILES string of the molecule is O=C(CN1CCN(Cc2ccc(F)c(Cl)c2)CC1)NCc1ccco1. The van der Waals surface area contributed by atoms with E-state index in [1.807, 2.05) is 6.07 Å². The Kier molecular flexibility index (Phi) is 6.07. The Labute approximate surface area is 151 Å². The molecule has 0 unspecified atom stereocenters. The van der Waals surface area contributed by atoms with Gasteiger partial charge in [-0.15, -0.1) is 0 Å². The molecular formula is C18H21ClFN3O2. The molecule has 0 radical (unpaired) electrons. The molecule has 1 aliphatic rings. The number of amides is 1. The molecular weight excluding hydrogens is 345 g/mol. The van der Waals surface area contributed by atoms with Gasteiger partial charge in [0.2, 0.25) is 5.91 Å². The van der Waals surface area contributed by atoms with E-state index >= 15 is 0 Å². The van der Waals surface area contributed by atoms with Crippen LogP contribution in [0, 0.1) is 5.82 Å². The molecule has 0 aliphatic carbocycles. The van der Waals surface area contributed by atoms with Gasteiger partial charge in [0.1, 0.15) is 11.6 Å². The van der Waals surface area contributed by atoms with Gasteiger partial charge in [-0.1, -0.05) is 17.7 Å². The van der Waals surface area contributed by atoms with E-state index < -0.39 is 5.82 Å². The lowest BCUT2D eigenvalue weighted by molar-refractivity contribution is -0.122. The molecule has 134 valence electrons. The Morgan fingerprint density at radius 3 is 2.64 bits per heavy atom. The average molecular weight is 366 g/mol. The van der Waals surface area contributed by atoms with Crippen molar-refractivity contribution >= 4 is 17.5 Å². The van der Waals surface area contributed by atoms with E-state index in [0.717, 1.165) is 44.0 Å². The van der Waals surface area contributed by atoms with E-state index in [0.29, 0.717) is 13.1 Å². The first kappa shape index (κ1) is 17.9. The minimum Gasteiger partial charge on any atom is -0.467 e. The van der Waals surface area contributed by atoms with Crippen LogP contribution in [0.2, 0.25) is 5.02 Å². The Morgan fingerprint density at radius 1 is 1.20 bits per heavy atom. The van der Waals surface area contributed by atoms with Crippen LogP contribution in [0.3, 0.4) is 0 Å². The number of nitrogens with one attached hydrogen (secondary N) is 1. The predicted molar refractivity (Wildman–Crippen MR) is 93.7 cm³/mol. The van der Waals surface area contributed by atoms with E-state index in [9.17, 15) is 9.18 Å². The first-order valence-corrected chi connectivity index (χ1v) is 8.65. The number of rotatable bonds is 6. The molecule has 0 saturated carbocycles. The van der Waals surface area contributed by atoms with Crippen LogP contribution >= 0.6 is 11.6 Å². The summed E-state index contributed by atoms with van der Waals surface area (Å²) < 4.78 is 18.4. The summed E-state index contributed by atoms with van der Waals surface area (Å²) in [6.07, 6.45) is 1.59. The van der Waals surface area contributed by atoms with E-state index in [2.05, 4.69) is 15.1 Å². The Balaban J connectivity index is 1.39. The van der Waals surface area contributed by atoms with Crippen molar-refractivity contribution < 1.29 is 13.6 Å². The van der Waals surface area contributed by atoms with E-state index in [1.165, 1.54) is 6.07 Å². The smallest absolute Gasteiger partial charge is 0.234 e. The number of hydrogen-bond acceptors (Lipinski definition) is 4. The number of benzene rings is 1.